The average Bonchev–Trinajstić information content (AvgIpc) is 2.49. The second kappa shape index (κ2) is 7.22. The molecule has 2 rings (SSSR count). The third-order valence-corrected chi connectivity index (χ3v) is 3.61. The van der Waals surface area contributed by atoms with Gasteiger partial charge in [-0.25, -0.2) is 9.97 Å². The van der Waals surface area contributed by atoms with Gasteiger partial charge in [-0.05, 0) is 43.9 Å². The lowest BCUT2D eigenvalue weighted by molar-refractivity contribution is 0.0943. The summed E-state index contributed by atoms with van der Waals surface area (Å²) in [5.41, 5.74) is 3.73. The molecule has 0 bridgehead atoms. The minimum atomic E-state index is -0.173. The van der Waals surface area contributed by atoms with Gasteiger partial charge in [0.2, 0.25) is 0 Å². The maximum absolute atomic E-state index is 12.2. The minimum absolute atomic E-state index is 0.173. The molecule has 0 aliphatic rings. The third-order valence-electron chi connectivity index (χ3n) is 3.61. The van der Waals surface area contributed by atoms with Crippen LogP contribution in [-0.4, -0.2) is 22.4 Å². The van der Waals surface area contributed by atoms with E-state index in [0.29, 0.717) is 29.8 Å². The molecule has 1 aromatic carbocycles. The van der Waals surface area contributed by atoms with Gasteiger partial charge in [0.05, 0.1) is 0 Å². The highest BCUT2D eigenvalue weighted by Crippen LogP contribution is 2.22. The van der Waals surface area contributed by atoms with Crippen LogP contribution in [0.25, 0.3) is 0 Å². The Labute approximate surface area is 137 Å². The van der Waals surface area contributed by atoms with Gasteiger partial charge in [0, 0.05) is 18.3 Å². The van der Waals surface area contributed by atoms with Crippen LogP contribution < -0.4 is 10.6 Å². The van der Waals surface area contributed by atoms with Gasteiger partial charge >= 0.3 is 0 Å². The molecule has 0 spiro atoms. The molecule has 5 heteroatoms. The quantitative estimate of drug-likeness (QED) is 0.886. The summed E-state index contributed by atoms with van der Waals surface area (Å²) < 4.78 is 0. The Balaban J connectivity index is 2.23. The van der Waals surface area contributed by atoms with Crippen molar-refractivity contribution in [2.75, 3.05) is 11.9 Å². The molecule has 1 heterocycles. The van der Waals surface area contributed by atoms with Crippen LogP contribution in [0.1, 0.15) is 41.3 Å². The van der Waals surface area contributed by atoms with Crippen molar-refractivity contribution in [2.24, 2.45) is 5.92 Å². The Morgan fingerprint density at radius 1 is 1.17 bits per heavy atom. The Bertz CT molecular complexity index is 710. The highest BCUT2D eigenvalue weighted by molar-refractivity contribution is 5.93. The zero-order chi connectivity index (χ0) is 17.0. The molecule has 2 N–H and O–H groups in total. The average molecular weight is 312 g/mol. The van der Waals surface area contributed by atoms with E-state index < -0.39 is 0 Å². The molecule has 1 amide bonds. The first kappa shape index (κ1) is 16.9. The summed E-state index contributed by atoms with van der Waals surface area (Å²) in [6, 6.07) is 7.74. The Morgan fingerprint density at radius 3 is 2.61 bits per heavy atom. The normalized spacial score (nSPS) is 10.7. The summed E-state index contributed by atoms with van der Waals surface area (Å²) in [7, 11) is 0. The molecule has 0 aliphatic carbocycles. The van der Waals surface area contributed by atoms with Crippen molar-refractivity contribution < 1.29 is 4.79 Å². The SMILES string of the molecule is Cc1nc(Nc2cccc(C)c2C)cc(C(=O)NCC(C)C)n1. The standard InChI is InChI=1S/C18H24N4O/c1-11(2)10-19-18(23)16-9-17(21-14(5)20-16)22-15-8-6-7-12(3)13(15)4/h6-9,11H,10H2,1-5H3,(H,19,23)(H,20,21,22). The summed E-state index contributed by atoms with van der Waals surface area (Å²) in [6.45, 7) is 10.6. The zero-order valence-corrected chi connectivity index (χ0v) is 14.4. The summed E-state index contributed by atoms with van der Waals surface area (Å²) in [5.74, 6) is 1.42. The molecule has 0 atom stereocenters. The molecular formula is C18H24N4O. The van der Waals surface area contributed by atoms with E-state index in [1.54, 1.807) is 13.0 Å². The van der Waals surface area contributed by atoms with Crippen molar-refractivity contribution in [2.45, 2.75) is 34.6 Å². The van der Waals surface area contributed by atoms with Crippen molar-refractivity contribution in [3.8, 4) is 0 Å². The lowest BCUT2D eigenvalue weighted by Gasteiger charge is -2.12. The Morgan fingerprint density at radius 2 is 1.91 bits per heavy atom. The molecule has 5 nitrogen and oxygen atoms in total. The predicted octanol–water partition coefficient (Wildman–Crippen LogP) is 3.53. The fourth-order valence-corrected chi connectivity index (χ4v) is 2.16. The largest absolute Gasteiger partial charge is 0.350 e. The number of aromatic nitrogens is 2. The van der Waals surface area contributed by atoms with Crippen LogP contribution in [0.5, 0.6) is 0 Å². The van der Waals surface area contributed by atoms with E-state index in [1.807, 2.05) is 12.1 Å². The molecule has 0 unspecified atom stereocenters. The van der Waals surface area contributed by atoms with Crippen molar-refractivity contribution in [1.29, 1.82) is 0 Å². The molecule has 0 saturated heterocycles. The Hall–Kier alpha value is -2.43. The van der Waals surface area contributed by atoms with E-state index in [-0.39, 0.29) is 5.91 Å². The van der Waals surface area contributed by atoms with Gasteiger partial charge in [0.1, 0.15) is 17.3 Å². The van der Waals surface area contributed by atoms with Crippen LogP contribution in [0.2, 0.25) is 0 Å². The monoisotopic (exact) mass is 312 g/mol. The first-order chi connectivity index (χ1) is 10.9. The van der Waals surface area contributed by atoms with Crippen molar-refractivity contribution in [3.05, 3.63) is 46.9 Å². The highest BCUT2D eigenvalue weighted by atomic mass is 16.1. The van der Waals surface area contributed by atoms with E-state index >= 15 is 0 Å². The van der Waals surface area contributed by atoms with Crippen LogP contribution in [0.15, 0.2) is 24.3 Å². The first-order valence-corrected chi connectivity index (χ1v) is 7.84. The summed E-state index contributed by atoms with van der Waals surface area (Å²) in [5, 5.41) is 6.16. The smallest absolute Gasteiger partial charge is 0.270 e. The number of aryl methyl sites for hydroxylation is 2. The van der Waals surface area contributed by atoms with Gasteiger partial charge in [0.25, 0.3) is 5.91 Å². The number of rotatable bonds is 5. The van der Waals surface area contributed by atoms with E-state index in [4.69, 9.17) is 0 Å². The zero-order valence-electron chi connectivity index (χ0n) is 14.4. The van der Waals surface area contributed by atoms with E-state index in [0.717, 1.165) is 11.3 Å². The van der Waals surface area contributed by atoms with Crippen LogP contribution in [-0.2, 0) is 0 Å². The molecular weight excluding hydrogens is 288 g/mol. The predicted molar refractivity (Wildman–Crippen MR) is 93.1 cm³/mol. The van der Waals surface area contributed by atoms with Gasteiger partial charge in [-0.2, -0.15) is 0 Å². The molecule has 0 radical (unpaired) electrons. The van der Waals surface area contributed by atoms with Gasteiger partial charge in [-0.1, -0.05) is 26.0 Å². The van der Waals surface area contributed by atoms with Crippen LogP contribution in [0.3, 0.4) is 0 Å². The van der Waals surface area contributed by atoms with Crippen molar-refractivity contribution >= 4 is 17.4 Å². The number of nitrogens with one attached hydrogen (secondary N) is 2. The number of nitrogens with zero attached hydrogens (tertiary/aromatic N) is 2. The minimum Gasteiger partial charge on any atom is -0.350 e. The van der Waals surface area contributed by atoms with E-state index in [9.17, 15) is 4.79 Å². The molecule has 23 heavy (non-hydrogen) atoms. The van der Waals surface area contributed by atoms with Crippen LogP contribution >= 0.6 is 0 Å². The first-order valence-electron chi connectivity index (χ1n) is 7.84. The maximum atomic E-state index is 12.2. The van der Waals surface area contributed by atoms with Gasteiger partial charge in [0.15, 0.2) is 0 Å². The number of anilines is 2. The fourth-order valence-electron chi connectivity index (χ4n) is 2.16. The molecule has 0 aliphatic heterocycles. The summed E-state index contributed by atoms with van der Waals surface area (Å²) in [6.07, 6.45) is 0. The summed E-state index contributed by atoms with van der Waals surface area (Å²) in [4.78, 5) is 20.8. The molecule has 122 valence electrons. The van der Waals surface area contributed by atoms with Crippen molar-refractivity contribution in [1.82, 2.24) is 15.3 Å². The van der Waals surface area contributed by atoms with E-state index in [2.05, 4.69) is 54.4 Å². The van der Waals surface area contributed by atoms with Crippen molar-refractivity contribution in [3.63, 3.8) is 0 Å². The van der Waals surface area contributed by atoms with Gasteiger partial charge < -0.3 is 10.6 Å². The number of benzene rings is 1. The second-order valence-electron chi connectivity index (χ2n) is 6.16. The highest BCUT2D eigenvalue weighted by Gasteiger charge is 2.11. The maximum Gasteiger partial charge on any atom is 0.270 e. The topological polar surface area (TPSA) is 66.9 Å². The third kappa shape index (κ3) is 4.52. The Kier molecular flexibility index (Phi) is 5.32. The number of amides is 1. The van der Waals surface area contributed by atoms with Gasteiger partial charge in [-0.15, -0.1) is 0 Å². The molecule has 1 aromatic heterocycles. The fraction of sp³-hybridized carbons (Fsp3) is 0.389. The molecule has 0 saturated carbocycles. The van der Waals surface area contributed by atoms with Crippen LogP contribution in [0, 0.1) is 26.7 Å². The van der Waals surface area contributed by atoms with Crippen LogP contribution in [0.4, 0.5) is 11.5 Å². The molecule has 0 fully saturated rings. The number of carbonyl (C=O) groups is 1. The summed E-state index contributed by atoms with van der Waals surface area (Å²) >= 11 is 0. The second-order valence-corrected chi connectivity index (χ2v) is 6.16. The van der Waals surface area contributed by atoms with Gasteiger partial charge in [-0.3, -0.25) is 4.79 Å². The van der Waals surface area contributed by atoms with E-state index in [1.165, 1.54) is 5.56 Å². The lowest BCUT2D eigenvalue weighted by Crippen LogP contribution is -2.28. The number of hydrogen-bond donors (Lipinski definition) is 2. The molecule has 2 aromatic rings. The number of hydrogen-bond acceptors (Lipinski definition) is 4. The lowest BCUT2D eigenvalue weighted by atomic mass is 10.1. The number of carbonyl (C=O) groups excluding carboxylic acids is 1.